The summed E-state index contributed by atoms with van der Waals surface area (Å²) in [7, 11) is 0. The van der Waals surface area contributed by atoms with Gasteiger partial charge in [0.15, 0.2) is 0 Å². The molecule has 3 saturated heterocycles. The lowest BCUT2D eigenvalue weighted by atomic mass is 10.2. The number of nitrogens with one attached hydrogen (secondary N) is 3. The molecule has 0 aromatic carbocycles. The third-order valence-corrected chi connectivity index (χ3v) is 11.5. The first-order chi connectivity index (χ1) is 26.1. The van der Waals surface area contributed by atoms with Gasteiger partial charge in [-0.15, -0.1) is 0 Å². The smallest absolute Gasteiger partial charge is 0.410 e. The van der Waals surface area contributed by atoms with E-state index in [1.807, 2.05) is 62.3 Å². The molecule has 314 valence electrons. The van der Waals surface area contributed by atoms with Crippen LogP contribution in [0.5, 0.6) is 0 Å². The van der Waals surface area contributed by atoms with Crippen molar-refractivity contribution in [3.05, 3.63) is 47.2 Å². The second kappa shape index (κ2) is 22.1. The standard InChI is InChI=1S/C12H17I2N3O2.C12H18IN3O2.C12H19N3O2.I2/c1-12(2,3)19-11(18)17-6-4-5-7(17)10-15-8(13)9(14)16-10;1-12(2,3)18-11(17)16-6-4-5-8(16)10-14-7-9(13)15-10;1-12(2,3)17-11(16)15-8-4-5-9(15)10-13-6-7-14-10;1-2/h7H,4-6H2,1-3H3,(H,15,16);7-8H,4-6H2,1-3H3,(H,14,15);6-7,9H,4-5,8H2,1-3H3,(H,13,14);/t7-;8-;9-;/m000./s1. The van der Waals surface area contributed by atoms with Crippen LogP contribution in [0.25, 0.3) is 0 Å². The molecule has 20 heteroatoms. The van der Waals surface area contributed by atoms with Crippen LogP contribution < -0.4 is 0 Å². The van der Waals surface area contributed by atoms with Crippen LogP contribution in [0.2, 0.25) is 0 Å². The van der Waals surface area contributed by atoms with Gasteiger partial charge in [-0.05, 0) is 169 Å². The molecule has 15 nitrogen and oxygen atoms in total. The van der Waals surface area contributed by atoms with Gasteiger partial charge in [0.05, 0.1) is 28.0 Å². The van der Waals surface area contributed by atoms with Crippen LogP contribution in [0.15, 0.2) is 18.6 Å². The number of carbonyl (C=O) groups is 3. The van der Waals surface area contributed by atoms with Gasteiger partial charge in [-0.1, -0.05) is 0 Å². The van der Waals surface area contributed by atoms with E-state index in [0.717, 1.165) is 86.7 Å². The molecule has 6 rings (SSSR count). The molecule has 6 heterocycles. The SMILES string of the molecule is CC(C)(C)OC(=O)N1CCC[C@H]1c1nc(I)c(I)[nH]1.CC(C)(C)OC(=O)N1CCC[C@H]1c1ncc(I)[nH]1.CC(C)(C)OC(=O)N1CCC[C@H]1c1ncc[nH]1.II. The number of hydrogen-bond donors (Lipinski definition) is 3. The number of aromatic amines is 3. The van der Waals surface area contributed by atoms with Gasteiger partial charge in [0.25, 0.3) is 0 Å². The number of imidazole rings is 3. The first-order valence-corrected chi connectivity index (χ1v) is 27.9. The Morgan fingerprint density at radius 2 is 1.05 bits per heavy atom. The van der Waals surface area contributed by atoms with E-state index >= 15 is 0 Å². The fourth-order valence-corrected chi connectivity index (χ4v) is 7.42. The van der Waals surface area contributed by atoms with Crippen LogP contribution in [0, 0.1) is 11.1 Å². The van der Waals surface area contributed by atoms with Crippen LogP contribution in [0.4, 0.5) is 14.4 Å². The van der Waals surface area contributed by atoms with Gasteiger partial charge >= 0.3 is 18.3 Å². The Bertz CT molecular complexity index is 1680. The predicted molar refractivity (Wildman–Crippen MR) is 257 cm³/mol. The lowest BCUT2D eigenvalue weighted by molar-refractivity contribution is 0.0208. The van der Waals surface area contributed by atoms with Crippen LogP contribution in [0.3, 0.4) is 0 Å². The fraction of sp³-hybridized carbons (Fsp3) is 0.667. The zero-order valence-corrected chi connectivity index (χ0v) is 44.1. The number of rotatable bonds is 3. The molecule has 0 radical (unpaired) electrons. The van der Waals surface area contributed by atoms with Crippen molar-refractivity contribution in [2.45, 2.75) is 136 Å². The molecule has 3 aliphatic rings. The summed E-state index contributed by atoms with van der Waals surface area (Å²) in [5.74, 6) is 2.55. The Morgan fingerprint density at radius 3 is 1.38 bits per heavy atom. The van der Waals surface area contributed by atoms with Crippen molar-refractivity contribution in [2.24, 2.45) is 0 Å². The van der Waals surface area contributed by atoms with Gasteiger partial charge in [0.2, 0.25) is 0 Å². The highest BCUT2D eigenvalue weighted by Crippen LogP contribution is 2.34. The van der Waals surface area contributed by atoms with Crippen LogP contribution in [0.1, 0.15) is 136 Å². The molecule has 3 aromatic heterocycles. The molecule has 3 atom stereocenters. The van der Waals surface area contributed by atoms with Crippen molar-refractivity contribution >= 4 is 123 Å². The number of hydrogen-bond acceptors (Lipinski definition) is 9. The van der Waals surface area contributed by atoms with Gasteiger partial charge in [-0.2, -0.15) is 0 Å². The Kier molecular flexibility index (Phi) is 19.5. The third kappa shape index (κ3) is 15.6. The molecular formula is C36H54I5N9O6. The highest BCUT2D eigenvalue weighted by atomic mass is 128. The molecule has 3 aliphatic heterocycles. The van der Waals surface area contributed by atoms with Gasteiger partial charge < -0.3 is 29.2 Å². The van der Waals surface area contributed by atoms with Crippen LogP contribution in [-0.2, 0) is 14.2 Å². The maximum atomic E-state index is 12.2. The number of H-pyrrole nitrogens is 3. The summed E-state index contributed by atoms with van der Waals surface area (Å²) in [6.07, 6.45) is 10.3. The number of aromatic nitrogens is 6. The maximum Gasteiger partial charge on any atom is 0.410 e. The summed E-state index contributed by atoms with van der Waals surface area (Å²) in [6.45, 7) is 19.1. The Labute approximate surface area is 394 Å². The predicted octanol–water partition coefficient (Wildman–Crippen LogP) is 11.0. The first-order valence-electron chi connectivity index (χ1n) is 18.4. The van der Waals surface area contributed by atoms with Crippen molar-refractivity contribution < 1.29 is 28.6 Å². The highest BCUT2D eigenvalue weighted by Gasteiger charge is 2.37. The van der Waals surface area contributed by atoms with Crippen molar-refractivity contribution in [1.82, 2.24) is 44.6 Å². The fourth-order valence-electron chi connectivity index (χ4n) is 6.22. The van der Waals surface area contributed by atoms with Crippen molar-refractivity contribution in [2.75, 3.05) is 19.6 Å². The van der Waals surface area contributed by atoms with E-state index in [-0.39, 0.29) is 36.4 Å². The summed E-state index contributed by atoms with van der Waals surface area (Å²) in [5, 5.41) is 0. The Balaban J connectivity index is 0.000000220. The number of amides is 3. The molecule has 0 bridgehead atoms. The summed E-state index contributed by atoms with van der Waals surface area (Å²) in [5.41, 5.74) is -1.37. The van der Waals surface area contributed by atoms with Gasteiger partial charge in [0.1, 0.15) is 41.7 Å². The second-order valence-electron chi connectivity index (χ2n) is 16.3. The van der Waals surface area contributed by atoms with Gasteiger partial charge in [-0.3, -0.25) is 14.7 Å². The molecule has 56 heavy (non-hydrogen) atoms. The van der Waals surface area contributed by atoms with E-state index in [1.165, 1.54) is 0 Å². The zero-order chi connectivity index (χ0) is 42.0. The molecule has 3 N–H and O–H groups in total. The van der Waals surface area contributed by atoms with Crippen molar-refractivity contribution in [1.29, 1.82) is 0 Å². The minimum absolute atomic E-state index is 0.00637. The minimum Gasteiger partial charge on any atom is -0.444 e. The first kappa shape index (κ1) is 49.5. The van der Waals surface area contributed by atoms with Crippen molar-refractivity contribution in [3.8, 4) is 0 Å². The number of carbonyl (C=O) groups excluding carboxylic acids is 3. The lowest BCUT2D eigenvalue weighted by Gasteiger charge is -2.27. The topological polar surface area (TPSA) is 175 Å². The third-order valence-electron chi connectivity index (χ3n) is 8.31. The van der Waals surface area contributed by atoms with Crippen LogP contribution in [-0.4, -0.2) is 99.3 Å². The molecular weight excluding hydrogens is 1290 g/mol. The highest BCUT2D eigenvalue weighted by molar-refractivity contribution is 15.0. The summed E-state index contributed by atoms with van der Waals surface area (Å²) in [4.78, 5) is 64.2. The van der Waals surface area contributed by atoms with E-state index in [4.69, 9.17) is 14.2 Å². The number of ether oxygens (including phenoxy) is 3. The molecule has 0 saturated carbocycles. The normalized spacial score (nSPS) is 19.6. The van der Waals surface area contributed by atoms with Gasteiger partial charge in [-0.25, -0.2) is 29.3 Å². The Hall–Kier alpha value is -0.910. The maximum absolute atomic E-state index is 12.2. The molecule has 0 aliphatic carbocycles. The van der Waals surface area contributed by atoms with E-state index in [2.05, 4.69) is 135 Å². The molecule has 3 amide bonds. The largest absolute Gasteiger partial charge is 0.444 e. The van der Waals surface area contributed by atoms with E-state index in [0.29, 0.717) is 0 Å². The molecule has 0 spiro atoms. The molecule has 0 unspecified atom stereocenters. The van der Waals surface area contributed by atoms with E-state index in [9.17, 15) is 14.4 Å². The summed E-state index contributed by atoms with van der Waals surface area (Å²) < 4.78 is 19.2. The molecule has 3 aromatic rings. The van der Waals surface area contributed by atoms with E-state index in [1.54, 1.807) is 33.3 Å². The summed E-state index contributed by atoms with van der Waals surface area (Å²) >= 11 is 10.8. The van der Waals surface area contributed by atoms with E-state index < -0.39 is 16.8 Å². The van der Waals surface area contributed by atoms with Crippen LogP contribution >= 0.6 is 105 Å². The quantitative estimate of drug-likeness (QED) is 0.170. The number of likely N-dealkylation sites (tertiary alicyclic amines) is 3. The second-order valence-corrected chi connectivity index (χ2v) is 19.6. The average molecular weight is 1340 g/mol. The molecule has 3 fully saturated rings. The average Bonchev–Trinajstić information content (AvgIpc) is 3.93. The monoisotopic (exact) mass is 1340 g/mol. The zero-order valence-electron chi connectivity index (χ0n) is 33.4. The number of halogens is 5. The Morgan fingerprint density at radius 1 is 0.643 bits per heavy atom. The van der Waals surface area contributed by atoms with Gasteiger partial charge in [0, 0.05) is 69.3 Å². The van der Waals surface area contributed by atoms with Crippen molar-refractivity contribution in [3.63, 3.8) is 0 Å². The minimum atomic E-state index is -0.462. The number of nitrogens with zero attached hydrogens (tertiary/aromatic N) is 6. The summed E-state index contributed by atoms with van der Waals surface area (Å²) in [6, 6.07) is 0.0510. The lowest BCUT2D eigenvalue weighted by Crippen LogP contribution is -2.36.